The van der Waals surface area contributed by atoms with Gasteiger partial charge in [-0.1, -0.05) is 32.7 Å². The second kappa shape index (κ2) is 6.68. The molecule has 0 aliphatic heterocycles. The van der Waals surface area contributed by atoms with Crippen LogP contribution >= 0.6 is 27.5 Å². The van der Waals surface area contributed by atoms with E-state index in [2.05, 4.69) is 31.6 Å². The summed E-state index contributed by atoms with van der Waals surface area (Å²) in [6.07, 6.45) is 1.46. The molecule has 110 valence electrons. The molecule has 0 aliphatic rings. The number of carbonyl (C=O) groups is 2. The van der Waals surface area contributed by atoms with E-state index in [9.17, 15) is 9.59 Å². The minimum absolute atomic E-state index is 0.126. The first-order valence-electron chi connectivity index (χ1n) is 5.80. The molecule has 0 radical (unpaired) electrons. The number of hydrogen-bond donors (Lipinski definition) is 2. The monoisotopic (exact) mass is 372 g/mol. The second-order valence-corrected chi connectivity index (χ2v) is 5.43. The Kier molecular flexibility index (Phi) is 4.92. The van der Waals surface area contributed by atoms with E-state index < -0.39 is 5.97 Å². The van der Waals surface area contributed by atoms with Gasteiger partial charge in [0.2, 0.25) is 0 Å². The number of carboxylic acids is 1. The number of carbonyl (C=O) groups excluding carboxylic acids is 1. The number of nitrogens with one attached hydrogen (secondary N) is 1. The molecule has 1 aromatic heterocycles. The fourth-order valence-electron chi connectivity index (χ4n) is 1.57. The molecule has 0 fully saturated rings. The maximum absolute atomic E-state index is 12.0. The molecule has 0 saturated carbocycles. The third-order valence-electron chi connectivity index (χ3n) is 2.49. The third-order valence-corrected chi connectivity index (χ3v) is 3.31. The maximum atomic E-state index is 12.0. The summed E-state index contributed by atoms with van der Waals surface area (Å²) in [5, 5.41) is 19.0. The first kappa shape index (κ1) is 15.5. The summed E-state index contributed by atoms with van der Waals surface area (Å²) in [6, 6.07) is 4.96. The van der Waals surface area contributed by atoms with Crippen molar-refractivity contribution in [2.24, 2.45) is 0 Å². The zero-order valence-corrected chi connectivity index (χ0v) is 12.9. The zero-order chi connectivity index (χ0) is 15.4. The summed E-state index contributed by atoms with van der Waals surface area (Å²) in [7, 11) is 0. The number of benzene rings is 1. The van der Waals surface area contributed by atoms with Crippen LogP contribution in [0.5, 0.6) is 0 Å². The lowest BCUT2D eigenvalue weighted by Crippen LogP contribution is -2.23. The highest BCUT2D eigenvalue weighted by Gasteiger charge is 2.12. The van der Waals surface area contributed by atoms with Crippen LogP contribution in [0.25, 0.3) is 0 Å². The van der Waals surface area contributed by atoms with Crippen LogP contribution in [0, 0.1) is 0 Å². The van der Waals surface area contributed by atoms with Crippen LogP contribution in [0.15, 0.2) is 28.9 Å². The van der Waals surface area contributed by atoms with E-state index >= 15 is 0 Å². The molecule has 1 amide bonds. The van der Waals surface area contributed by atoms with E-state index in [1.807, 2.05) is 0 Å². The van der Waals surface area contributed by atoms with Gasteiger partial charge in [-0.05, 0) is 18.2 Å². The molecule has 0 bridgehead atoms. The van der Waals surface area contributed by atoms with Gasteiger partial charge in [0, 0.05) is 4.47 Å². The number of carboxylic acid groups (broad SMARTS) is 1. The number of aromatic nitrogens is 3. The van der Waals surface area contributed by atoms with Crippen LogP contribution < -0.4 is 5.32 Å². The first-order chi connectivity index (χ1) is 9.95. The van der Waals surface area contributed by atoms with Crippen molar-refractivity contribution in [3.05, 3.63) is 45.1 Å². The van der Waals surface area contributed by atoms with Crippen molar-refractivity contribution in [2.75, 3.05) is 0 Å². The Morgan fingerprint density at radius 3 is 2.90 bits per heavy atom. The molecule has 21 heavy (non-hydrogen) atoms. The molecule has 2 aromatic rings. The molecule has 0 spiro atoms. The fourth-order valence-corrected chi connectivity index (χ4v) is 2.14. The normalized spacial score (nSPS) is 10.4. The molecule has 2 rings (SSSR count). The quantitative estimate of drug-likeness (QED) is 0.831. The Bertz CT molecular complexity index is 689. The molecule has 1 heterocycles. The average Bonchev–Trinajstić information content (AvgIpc) is 2.85. The van der Waals surface area contributed by atoms with E-state index in [0.29, 0.717) is 16.3 Å². The van der Waals surface area contributed by atoms with Crippen molar-refractivity contribution in [3.63, 3.8) is 0 Å². The molecule has 0 saturated heterocycles. The molecule has 0 atom stereocenters. The predicted molar refractivity (Wildman–Crippen MR) is 78.0 cm³/mol. The third kappa shape index (κ3) is 4.27. The van der Waals surface area contributed by atoms with Crippen LogP contribution in [0.3, 0.4) is 0 Å². The lowest BCUT2D eigenvalue weighted by Gasteiger charge is -2.05. The number of rotatable bonds is 5. The van der Waals surface area contributed by atoms with Gasteiger partial charge in [-0.15, -0.1) is 5.10 Å². The lowest BCUT2D eigenvalue weighted by atomic mass is 10.2. The van der Waals surface area contributed by atoms with Crippen LogP contribution in [0.2, 0.25) is 5.02 Å². The Hall–Kier alpha value is -1.93. The van der Waals surface area contributed by atoms with Gasteiger partial charge in [0.25, 0.3) is 5.91 Å². The molecule has 0 aliphatic carbocycles. The molecule has 0 unspecified atom stereocenters. The van der Waals surface area contributed by atoms with Crippen LogP contribution in [0.4, 0.5) is 0 Å². The summed E-state index contributed by atoms with van der Waals surface area (Å²) in [6.45, 7) is -0.153. The molecular weight excluding hydrogens is 364 g/mol. The Labute approximate surface area is 133 Å². The average molecular weight is 374 g/mol. The van der Waals surface area contributed by atoms with Gasteiger partial charge in [-0.25, -0.2) is 4.68 Å². The second-order valence-electron chi connectivity index (χ2n) is 4.11. The zero-order valence-electron chi connectivity index (χ0n) is 10.6. The summed E-state index contributed by atoms with van der Waals surface area (Å²) in [5.41, 5.74) is 0.791. The maximum Gasteiger partial charge on any atom is 0.325 e. The Morgan fingerprint density at radius 1 is 1.43 bits per heavy atom. The number of aliphatic carboxylic acids is 1. The van der Waals surface area contributed by atoms with E-state index in [4.69, 9.17) is 16.7 Å². The van der Waals surface area contributed by atoms with Crippen molar-refractivity contribution in [1.29, 1.82) is 0 Å². The highest BCUT2D eigenvalue weighted by molar-refractivity contribution is 9.10. The van der Waals surface area contributed by atoms with Gasteiger partial charge in [0.05, 0.1) is 23.3 Å². The van der Waals surface area contributed by atoms with Crippen LogP contribution in [-0.2, 0) is 17.9 Å². The highest BCUT2D eigenvalue weighted by Crippen LogP contribution is 2.20. The van der Waals surface area contributed by atoms with Crippen molar-refractivity contribution < 1.29 is 14.7 Å². The fraction of sp³-hybridized carbons (Fsp3) is 0.167. The number of halogens is 2. The molecule has 2 N–H and O–H groups in total. The Balaban J connectivity index is 1.99. The van der Waals surface area contributed by atoms with E-state index in [0.717, 1.165) is 4.47 Å². The van der Waals surface area contributed by atoms with Crippen molar-refractivity contribution in [2.45, 2.75) is 13.1 Å². The smallest absolute Gasteiger partial charge is 0.325 e. The topological polar surface area (TPSA) is 97.1 Å². The summed E-state index contributed by atoms with van der Waals surface area (Å²) in [4.78, 5) is 22.5. The molecule has 7 nitrogen and oxygen atoms in total. The standard InChI is InChI=1S/C12H10BrClN4O3/c13-7-1-2-10(14)9(3-7)12(21)15-4-8-5-18(17-16-8)6-11(19)20/h1-3,5H,4,6H2,(H,15,21)(H,19,20). The number of amides is 1. The summed E-state index contributed by atoms with van der Waals surface area (Å²) in [5.74, 6) is -1.37. The van der Waals surface area contributed by atoms with E-state index in [1.165, 1.54) is 10.9 Å². The predicted octanol–water partition coefficient (Wildman–Crippen LogP) is 1.71. The van der Waals surface area contributed by atoms with Crippen molar-refractivity contribution in [1.82, 2.24) is 20.3 Å². The number of hydrogen-bond acceptors (Lipinski definition) is 4. The molecule has 9 heteroatoms. The van der Waals surface area contributed by atoms with E-state index in [1.54, 1.807) is 18.2 Å². The molecule has 1 aromatic carbocycles. The minimum Gasteiger partial charge on any atom is -0.480 e. The van der Waals surface area contributed by atoms with Crippen LogP contribution in [0.1, 0.15) is 16.1 Å². The van der Waals surface area contributed by atoms with Gasteiger partial charge in [-0.2, -0.15) is 0 Å². The van der Waals surface area contributed by atoms with Crippen molar-refractivity contribution >= 4 is 39.4 Å². The lowest BCUT2D eigenvalue weighted by molar-refractivity contribution is -0.137. The SMILES string of the molecule is O=C(O)Cn1cc(CNC(=O)c2cc(Br)ccc2Cl)nn1. The molecular formula is C12H10BrClN4O3. The van der Waals surface area contributed by atoms with Crippen molar-refractivity contribution in [3.8, 4) is 0 Å². The van der Waals surface area contributed by atoms with Gasteiger partial charge < -0.3 is 10.4 Å². The van der Waals surface area contributed by atoms with Gasteiger partial charge in [-0.3, -0.25) is 9.59 Å². The Morgan fingerprint density at radius 2 is 2.19 bits per heavy atom. The minimum atomic E-state index is -1.02. The van der Waals surface area contributed by atoms with Crippen LogP contribution in [-0.4, -0.2) is 32.0 Å². The summed E-state index contributed by atoms with van der Waals surface area (Å²) < 4.78 is 1.92. The number of nitrogens with zero attached hydrogens (tertiary/aromatic N) is 3. The van der Waals surface area contributed by atoms with Gasteiger partial charge >= 0.3 is 5.97 Å². The van der Waals surface area contributed by atoms with Gasteiger partial charge in [0.15, 0.2) is 0 Å². The first-order valence-corrected chi connectivity index (χ1v) is 6.97. The van der Waals surface area contributed by atoms with E-state index in [-0.39, 0.29) is 19.0 Å². The van der Waals surface area contributed by atoms with Gasteiger partial charge in [0.1, 0.15) is 12.2 Å². The highest BCUT2D eigenvalue weighted by atomic mass is 79.9. The largest absolute Gasteiger partial charge is 0.480 e. The summed E-state index contributed by atoms with van der Waals surface area (Å²) >= 11 is 9.22.